The molecule has 1 aromatic heterocycles. The van der Waals surface area contributed by atoms with Gasteiger partial charge in [0, 0.05) is 12.1 Å². The van der Waals surface area contributed by atoms with Gasteiger partial charge in [0.25, 0.3) is 5.91 Å². The van der Waals surface area contributed by atoms with Crippen molar-refractivity contribution >= 4 is 27.5 Å². The molecule has 0 N–H and O–H groups in total. The van der Waals surface area contributed by atoms with Crippen LogP contribution in [0.3, 0.4) is 0 Å². The van der Waals surface area contributed by atoms with Gasteiger partial charge >= 0.3 is 0 Å². The van der Waals surface area contributed by atoms with Crippen LogP contribution in [0.25, 0.3) is 10.2 Å². The number of amides is 1. The summed E-state index contributed by atoms with van der Waals surface area (Å²) in [6.07, 6.45) is 2.02. The maximum atomic E-state index is 12.5. The first-order chi connectivity index (χ1) is 11.6. The lowest BCUT2D eigenvalue weighted by Gasteiger charge is -2.03. The quantitative estimate of drug-likeness (QED) is 0.677. The van der Waals surface area contributed by atoms with Gasteiger partial charge < -0.3 is 4.57 Å². The molecule has 0 aliphatic carbocycles. The average Bonchev–Trinajstić information content (AvgIpc) is 2.91. The van der Waals surface area contributed by atoms with Crippen LogP contribution in [-0.4, -0.2) is 10.5 Å². The Labute approximate surface area is 146 Å². The second-order valence-corrected chi connectivity index (χ2v) is 6.99. The molecule has 0 fully saturated rings. The van der Waals surface area contributed by atoms with Crippen LogP contribution < -0.4 is 4.80 Å². The summed E-state index contributed by atoms with van der Waals surface area (Å²) in [5, 5.41) is 0. The van der Waals surface area contributed by atoms with Gasteiger partial charge in [-0.3, -0.25) is 4.79 Å². The summed E-state index contributed by atoms with van der Waals surface area (Å²) in [5.74, 6) is -0.175. The van der Waals surface area contributed by atoms with Crippen LogP contribution in [0.4, 0.5) is 0 Å². The van der Waals surface area contributed by atoms with E-state index in [9.17, 15) is 4.79 Å². The molecular weight excluding hydrogens is 316 g/mol. The van der Waals surface area contributed by atoms with Gasteiger partial charge in [-0.2, -0.15) is 4.99 Å². The fraction of sp³-hybridized carbons (Fsp3) is 0.300. The number of benzene rings is 2. The first-order valence-electron chi connectivity index (χ1n) is 8.40. The second kappa shape index (κ2) is 7.14. The number of carbonyl (C=O) groups excluding carboxylic acids is 1. The Hall–Kier alpha value is -2.20. The molecule has 3 nitrogen and oxygen atoms in total. The summed E-state index contributed by atoms with van der Waals surface area (Å²) < 4.78 is 3.35. The molecule has 124 valence electrons. The molecule has 0 aliphatic heterocycles. The van der Waals surface area contributed by atoms with Crippen molar-refractivity contribution in [3.63, 3.8) is 0 Å². The molecule has 0 saturated carbocycles. The average molecular weight is 338 g/mol. The number of rotatable bonds is 4. The van der Waals surface area contributed by atoms with Crippen molar-refractivity contribution < 1.29 is 4.79 Å². The Bertz CT molecular complexity index is 950. The van der Waals surface area contributed by atoms with Crippen LogP contribution in [0, 0.1) is 6.92 Å². The van der Waals surface area contributed by atoms with Crippen LogP contribution in [0.1, 0.15) is 41.8 Å². The van der Waals surface area contributed by atoms with Gasteiger partial charge in [0.15, 0.2) is 4.80 Å². The van der Waals surface area contributed by atoms with Crippen LogP contribution >= 0.6 is 11.3 Å². The third-order valence-corrected chi connectivity index (χ3v) is 5.11. The van der Waals surface area contributed by atoms with E-state index >= 15 is 0 Å². The van der Waals surface area contributed by atoms with Gasteiger partial charge in [0.05, 0.1) is 10.2 Å². The molecule has 4 heteroatoms. The zero-order valence-corrected chi connectivity index (χ0v) is 15.2. The number of thiazole rings is 1. The molecule has 3 aromatic rings. The molecule has 0 radical (unpaired) electrons. The SMILES string of the molecule is CCCn1c(=NC(=O)c2cccc(C)c2)sc2cc(CC)ccc21. The summed E-state index contributed by atoms with van der Waals surface area (Å²) in [5.41, 5.74) is 4.19. The Morgan fingerprint density at radius 3 is 2.71 bits per heavy atom. The van der Waals surface area contributed by atoms with Crippen LogP contribution in [-0.2, 0) is 13.0 Å². The van der Waals surface area contributed by atoms with Crippen LogP contribution in [0.2, 0.25) is 0 Å². The van der Waals surface area contributed by atoms with Crippen molar-refractivity contribution in [3.8, 4) is 0 Å². The van der Waals surface area contributed by atoms with Gasteiger partial charge in [0.2, 0.25) is 0 Å². The maximum Gasteiger partial charge on any atom is 0.279 e. The van der Waals surface area contributed by atoms with Crippen molar-refractivity contribution in [1.82, 2.24) is 4.57 Å². The smallest absolute Gasteiger partial charge is 0.279 e. The van der Waals surface area contributed by atoms with Crippen molar-refractivity contribution in [1.29, 1.82) is 0 Å². The second-order valence-electron chi connectivity index (χ2n) is 5.98. The molecule has 3 rings (SSSR count). The van der Waals surface area contributed by atoms with Gasteiger partial charge in [-0.25, -0.2) is 0 Å². The summed E-state index contributed by atoms with van der Waals surface area (Å²) in [6, 6.07) is 14.1. The number of nitrogens with zero attached hydrogens (tertiary/aromatic N) is 2. The lowest BCUT2D eigenvalue weighted by atomic mass is 10.1. The Balaban J connectivity index is 2.13. The topological polar surface area (TPSA) is 34.4 Å². The van der Waals surface area contributed by atoms with E-state index in [0.717, 1.165) is 35.3 Å². The zero-order chi connectivity index (χ0) is 17.1. The minimum atomic E-state index is -0.175. The Kier molecular flexibility index (Phi) is 4.95. The summed E-state index contributed by atoms with van der Waals surface area (Å²) in [7, 11) is 0. The van der Waals surface area contributed by atoms with Crippen LogP contribution in [0.5, 0.6) is 0 Å². The van der Waals surface area contributed by atoms with E-state index in [1.165, 1.54) is 10.3 Å². The van der Waals surface area contributed by atoms with Crippen molar-refractivity contribution in [3.05, 3.63) is 64.0 Å². The first-order valence-corrected chi connectivity index (χ1v) is 9.22. The molecule has 0 saturated heterocycles. The molecule has 1 heterocycles. The molecule has 0 aliphatic rings. The number of hydrogen-bond acceptors (Lipinski definition) is 2. The molecule has 0 bridgehead atoms. The zero-order valence-electron chi connectivity index (χ0n) is 14.4. The molecular formula is C20H22N2OS. The highest BCUT2D eigenvalue weighted by Gasteiger charge is 2.09. The highest BCUT2D eigenvalue weighted by atomic mass is 32.1. The third-order valence-electron chi connectivity index (χ3n) is 4.06. The number of carbonyl (C=O) groups is 1. The van der Waals surface area contributed by atoms with Gasteiger partial charge in [-0.05, 0) is 49.6 Å². The van der Waals surface area contributed by atoms with E-state index in [1.54, 1.807) is 11.3 Å². The molecule has 24 heavy (non-hydrogen) atoms. The maximum absolute atomic E-state index is 12.5. The summed E-state index contributed by atoms with van der Waals surface area (Å²) in [4.78, 5) is 17.8. The molecule has 0 atom stereocenters. The van der Waals surface area contributed by atoms with Gasteiger partial charge in [0.1, 0.15) is 0 Å². The third kappa shape index (κ3) is 3.34. The Morgan fingerprint density at radius 1 is 1.17 bits per heavy atom. The minimum absolute atomic E-state index is 0.175. The van der Waals surface area contributed by atoms with Crippen molar-refractivity contribution in [2.24, 2.45) is 4.99 Å². The van der Waals surface area contributed by atoms with E-state index in [-0.39, 0.29) is 5.91 Å². The normalized spacial score (nSPS) is 12.0. The number of aromatic nitrogens is 1. The van der Waals surface area contributed by atoms with Crippen molar-refractivity contribution in [2.75, 3.05) is 0 Å². The van der Waals surface area contributed by atoms with E-state index in [1.807, 2.05) is 31.2 Å². The van der Waals surface area contributed by atoms with Crippen LogP contribution in [0.15, 0.2) is 47.5 Å². The predicted octanol–water partition coefficient (Wildman–Crippen LogP) is 4.72. The summed E-state index contributed by atoms with van der Waals surface area (Å²) >= 11 is 1.60. The number of aryl methyl sites for hydroxylation is 3. The predicted molar refractivity (Wildman–Crippen MR) is 101 cm³/mol. The Morgan fingerprint density at radius 2 is 2.00 bits per heavy atom. The molecule has 0 unspecified atom stereocenters. The van der Waals surface area contributed by atoms with Gasteiger partial charge in [-0.15, -0.1) is 0 Å². The minimum Gasteiger partial charge on any atom is -0.316 e. The molecule has 1 amide bonds. The first kappa shape index (κ1) is 16.7. The fourth-order valence-corrected chi connectivity index (χ4v) is 3.91. The van der Waals surface area contributed by atoms with E-state index < -0.39 is 0 Å². The largest absolute Gasteiger partial charge is 0.316 e. The monoisotopic (exact) mass is 338 g/mol. The summed E-state index contributed by atoms with van der Waals surface area (Å²) in [6.45, 7) is 7.15. The van der Waals surface area contributed by atoms with E-state index in [2.05, 4.69) is 41.6 Å². The fourth-order valence-electron chi connectivity index (χ4n) is 2.79. The lowest BCUT2D eigenvalue weighted by molar-refractivity contribution is 0.0997. The van der Waals surface area contributed by atoms with E-state index in [4.69, 9.17) is 0 Å². The number of fused-ring (bicyclic) bond motifs is 1. The van der Waals surface area contributed by atoms with Crippen molar-refractivity contribution in [2.45, 2.75) is 40.2 Å². The van der Waals surface area contributed by atoms with Gasteiger partial charge in [-0.1, -0.05) is 48.9 Å². The number of hydrogen-bond donors (Lipinski definition) is 0. The highest BCUT2D eigenvalue weighted by Crippen LogP contribution is 2.20. The standard InChI is InChI=1S/C20H22N2OS/c1-4-11-22-17-10-9-15(5-2)13-18(17)24-20(22)21-19(23)16-8-6-7-14(3)12-16/h6-10,12-13H,4-5,11H2,1-3H3. The lowest BCUT2D eigenvalue weighted by Crippen LogP contribution is -2.16. The highest BCUT2D eigenvalue weighted by molar-refractivity contribution is 7.16. The molecule has 0 spiro atoms. The molecule has 2 aromatic carbocycles. The van der Waals surface area contributed by atoms with E-state index in [0.29, 0.717) is 5.56 Å².